The van der Waals surface area contributed by atoms with Gasteiger partial charge in [-0.15, -0.1) is 11.3 Å². The van der Waals surface area contributed by atoms with E-state index in [1.165, 1.54) is 12.2 Å². The minimum atomic E-state index is 0.705. The van der Waals surface area contributed by atoms with Crippen LogP contribution in [0.4, 0.5) is 0 Å². The molecule has 15 heavy (non-hydrogen) atoms. The van der Waals surface area contributed by atoms with Crippen molar-refractivity contribution >= 4 is 30.0 Å². The molecule has 0 aromatic carbocycles. The van der Waals surface area contributed by atoms with E-state index in [2.05, 4.69) is 0 Å². The molecule has 0 aliphatic carbocycles. The predicted octanol–water partition coefficient (Wildman–Crippen LogP) is 2.64. The molecule has 1 heterocycles. The topological polar surface area (TPSA) is 34.1 Å². The molecule has 1 rings (SSSR count). The maximum absolute atomic E-state index is 10.2. The molecular weight excluding hydrogens is 208 g/mol. The van der Waals surface area contributed by atoms with Gasteiger partial charge in [-0.25, -0.2) is 0 Å². The molecule has 3 heteroatoms. The second-order valence-electron chi connectivity index (χ2n) is 2.65. The first-order valence-electron chi connectivity index (χ1n) is 4.35. The van der Waals surface area contributed by atoms with Gasteiger partial charge in [0, 0.05) is 4.88 Å². The highest BCUT2D eigenvalue weighted by molar-refractivity contribution is 7.10. The number of allylic oxidation sites excluding steroid dienone is 5. The van der Waals surface area contributed by atoms with Gasteiger partial charge in [-0.2, -0.15) is 0 Å². The van der Waals surface area contributed by atoms with Gasteiger partial charge in [0.25, 0.3) is 0 Å². The van der Waals surface area contributed by atoms with Crippen LogP contribution < -0.4 is 0 Å². The Morgan fingerprint density at radius 1 is 1.13 bits per heavy atom. The Kier molecular flexibility index (Phi) is 5.04. The van der Waals surface area contributed by atoms with E-state index in [4.69, 9.17) is 0 Å². The van der Waals surface area contributed by atoms with Crippen LogP contribution >= 0.6 is 11.3 Å². The summed E-state index contributed by atoms with van der Waals surface area (Å²) in [5.74, 6) is 0. The molecule has 0 fully saturated rings. The molecule has 0 atom stereocenters. The molecule has 0 aliphatic heterocycles. The van der Waals surface area contributed by atoms with Gasteiger partial charge in [-0.1, -0.05) is 18.2 Å². The first-order chi connectivity index (χ1) is 7.36. The SMILES string of the molecule is O=C/C=C/C(=Cc1cccs1)/C=C/C=O. The maximum Gasteiger partial charge on any atom is 0.142 e. The van der Waals surface area contributed by atoms with Crippen molar-refractivity contribution in [3.05, 3.63) is 52.3 Å². The summed E-state index contributed by atoms with van der Waals surface area (Å²) >= 11 is 1.60. The van der Waals surface area contributed by atoms with Gasteiger partial charge in [0.2, 0.25) is 0 Å². The number of carbonyl (C=O) groups excluding carboxylic acids is 2. The van der Waals surface area contributed by atoms with E-state index in [0.717, 1.165) is 10.5 Å². The van der Waals surface area contributed by atoms with E-state index >= 15 is 0 Å². The number of rotatable bonds is 5. The molecule has 0 saturated heterocycles. The van der Waals surface area contributed by atoms with Crippen molar-refractivity contribution in [1.82, 2.24) is 0 Å². The van der Waals surface area contributed by atoms with Gasteiger partial charge in [0.15, 0.2) is 0 Å². The smallest absolute Gasteiger partial charge is 0.142 e. The summed E-state index contributed by atoms with van der Waals surface area (Å²) in [5.41, 5.74) is 0.816. The number of carbonyl (C=O) groups is 2. The van der Waals surface area contributed by atoms with Crippen molar-refractivity contribution in [1.29, 1.82) is 0 Å². The van der Waals surface area contributed by atoms with Gasteiger partial charge in [0.1, 0.15) is 12.6 Å². The molecule has 1 aromatic rings. The number of hydrogen-bond acceptors (Lipinski definition) is 3. The van der Waals surface area contributed by atoms with E-state index in [0.29, 0.717) is 12.6 Å². The lowest BCUT2D eigenvalue weighted by Crippen LogP contribution is -1.73. The minimum Gasteiger partial charge on any atom is -0.299 e. The summed E-state index contributed by atoms with van der Waals surface area (Å²) in [6, 6.07) is 3.91. The first kappa shape index (κ1) is 11.3. The second-order valence-corrected chi connectivity index (χ2v) is 3.63. The third-order valence-electron chi connectivity index (χ3n) is 1.59. The fraction of sp³-hybridized carbons (Fsp3) is 0. The largest absolute Gasteiger partial charge is 0.299 e. The number of thiophene rings is 1. The average Bonchev–Trinajstić information content (AvgIpc) is 2.74. The van der Waals surface area contributed by atoms with E-state index < -0.39 is 0 Å². The quantitative estimate of drug-likeness (QED) is 0.432. The van der Waals surface area contributed by atoms with Crippen LogP contribution in [0, 0.1) is 0 Å². The Morgan fingerprint density at radius 3 is 2.27 bits per heavy atom. The Labute approximate surface area is 92.2 Å². The summed E-state index contributed by atoms with van der Waals surface area (Å²) in [6.07, 6.45) is 9.43. The van der Waals surface area contributed by atoms with Crippen LogP contribution in [0.25, 0.3) is 6.08 Å². The van der Waals surface area contributed by atoms with E-state index in [1.54, 1.807) is 23.5 Å². The van der Waals surface area contributed by atoms with Gasteiger partial charge < -0.3 is 0 Å². The average molecular weight is 218 g/mol. The fourth-order valence-electron chi connectivity index (χ4n) is 0.990. The number of hydrogen-bond donors (Lipinski definition) is 0. The highest BCUT2D eigenvalue weighted by Crippen LogP contribution is 2.14. The fourth-order valence-corrected chi connectivity index (χ4v) is 1.67. The second kappa shape index (κ2) is 6.68. The van der Waals surface area contributed by atoms with Gasteiger partial charge in [0.05, 0.1) is 0 Å². The summed E-state index contributed by atoms with van der Waals surface area (Å²) < 4.78 is 0. The van der Waals surface area contributed by atoms with Crippen molar-refractivity contribution < 1.29 is 9.59 Å². The third-order valence-corrected chi connectivity index (χ3v) is 2.41. The van der Waals surface area contributed by atoms with E-state index in [9.17, 15) is 9.59 Å². The van der Waals surface area contributed by atoms with Crippen LogP contribution in [0.15, 0.2) is 47.4 Å². The summed E-state index contributed by atoms with van der Waals surface area (Å²) in [4.78, 5) is 21.4. The standard InChI is InChI=1S/C12H10O2S/c13-7-1-4-11(5-2-8-14)10-12-6-3-9-15-12/h1-10H/b4-1+,5-2+. The molecule has 0 bridgehead atoms. The molecule has 0 spiro atoms. The van der Waals surface area contributed by atoms with Crippen LogP contribution in [0.3, 0.4) is 0 Å². The van der Waals surface area contributed by atoms with Crippen molar-refractivity contribution in [2.24, 2.45) is 0 Å². The van der Waals surface area contributed by atoms with Crippen molar-refractivity contribution in [2.45, 2.75) is 0 Å². The molecule has 0 amide bonds. The Morgan fingerprint density at radius 2 is 1.80 bits per heavy atom. The van der Waals surface area contributed by atoms with Crippen molar-refractivity contribution in [2.75, 3.05) is 0 Å². The first-order valence-corrected chi connectivity index (χ1v) is 5.23. The highest BCUT2D eigenvalue weighted by atomic mass is 32.1. The van der Waals surface area contributed by atoms with Crippen LogP contribution in [0.1, 0.15) is 4.88 Å². The zero-order valence-corrected chi connectivity index (χ0v) is 8.81. The summed E-state index contributed by atoms with van der Waals surface area (Å²) in [5, 5.41) is 1.97. The molecule has 0 aliphatic rings. The lowest BCUT2D eigenvalue weighted by Gasteiger charge is -1.91. The molecule has 0 radical (unpaired) electrons. The molecule has 0 N–H and O–H groups in total. The molecular formula is C12H10O2S. The molecule has 76 valence electrons. The summed E-state index contributed by atoms with van der Waals surface area (Å²) in [7, 11) is 0. The van der Waals surface area contributed by atoms with Gasteiger partial charge in [-0.3, -0.25) is 9.59 Å². The van der Waals surface area contributed by atoms with Crippen molar-refractivity contribution in [3.63, 3.8) is 0 Å². The molecule has 0 unspecified atom stereocenters. The lowest BCUT2D eigenvalue weighted by molar-refractivity contribution is -0.104. The van der Waals surface area contributed by atoms with Gasteiger partial charge in [-0.05, 0) is 35.2 Å². The Balaban J connectivity index is 2.89. The predicted molar refractivity (Wildman–Crippen MR) is 62.7 cm³/mol. The zero-order valence-electron chi connectivity index (χ0n) is 8.00. The molecule has 2 nitrogen and oxygen atoms in total. The highest BCUT2D eigenvalue weighted by Gasteiger charge is 1.90. The van der Waals surface area contributed by atoms with Crippen LogP contribution in [0.5, 0.6) is 0 Å². The molecule has 1 aromatic heterocycles. The van der Waals surface area contributed by atoms with Crippen LogP contribution in [-0.4, -0.2) is 12.6 Å². The summed E-state index contributed by atoms with van der Waals surface area (Å²) in [6.45, 7) is 0. The normalized spacial score (nSPS) is 10.7. The molecule has 0 saturated carbocycles. The Hall–Kier alpha value is -1.74. The maximum atomic E-state index is 10.2. The van der Waals surface area contributed by atoms with Crippen molar-refractivity contribution in [3.8, 4) is 0 Å². The van der Waals surface area contributed by atoms with Crippen LogP contribution in [-0.2, 0) is 9.59 Å². The van der Waals surface area contributed by atoms with E-state index in [1.807, 2.05) is 23.6 Å². The number of aldehydes is 2. The Bertz CT molecular complexity index is 377. The zero-order chi connectivity index (χ0) is 10.9. The monoisotopic (exact) mass is 218 g/mol. The minimum absolute atomic E-state index is 0.705. The third kappa shape index (κ3) is 4.33. The van der Waals surface area contributed by atoms with E-state index in [-0.39, 0.29) is 0 Å². The van der Waals surface area contributed by atoms with Crippen LogP contribution in [0.2, 0.25) is 0 Å². The van der Waals surface area contributed by atoms with Gasteiger partial charge >= 0.3 is 0 Å². The lowest BCUT2D eigenvalue weighted by atomic mass is 10.2.